The van der Waals surface area contributed by atoms with E-state index in [4.69, 9.17) is 0 Å². The fourth-order valence-corrected chi connectivity index (χ4v) is 6.27. The Kier molecular flexibility index (Phi) is 4.93. The van der Waals surface area contributed by atoms with Crippen LogP contribution in [0.25, 0.3) is 20.9 Å². The summed E-state index contributed by atoms with van der Waals surface area (Å²) in [5.74, 6) is 0. The smallest absolute Gasteiger partial charge is 0.0775 e. The quantitative estimate of drug-likeness (QED) is 0.475. The summed E-state index contributed by atoms with van der Waals surface area (Å²) >= 11 is 1.89. The SMILES string of the molecule is C[Si](C)(C)c1ccc(-c2ccc(-c3ccc([Si](C)(C)C)cc3)s2)cc1. The third-order valence-corrected chi connectivity index (χ3v) is 9.99. The minimum Gasteiger partial charge on any atom is -0.135 e. The maximum atomic E-state index is 2.40. The lowest BCUT2D eigenvalue weighted by Crippen LogP contribution is -2.37. The maximum Gasteiger partial charge on any atom is 0.0775 e. The normalized spacial score (nSPS) is 12.4. The van der Waals surface area contributed by atoms with E-state index in [0.717, 1.165) is 0 Å². The number of hydrogen-bond acceptors (Lipinski definition) is 1. The molecule has 3 heteroatoms. The molecule has 3 aromatic rings. The molecule has 2 aromatic carbocycles. The van der Waals surface area contributed by atoms with E-state index >= 15 is 0 Å². The van der Waals surface area contributed by atoms with Gasteiger partial charge in [0.15, 0.2) is 0 Å². The van der Waals surface area contributed by atoms with E-state index in [0.29, 0.717) is 0 Å². The van der Waals surface area contributed by atoms with E-state index in [1.54, 1.807) is 0 Å². The lowest BCUT2D eigenvalue weighted by atomic mass is 10.1. The summed E-state index contributed by atoms with van der Waals surface area (Å²) in [6, 6.07) is 23.0. The molecule has 0 saturated heterocycles. The van der Waals surface area contributed by atoms with Gasteiger partial charge >= 0.3 is 0 Å². The minimum absolute atomic E-state index is 1.22. The summed E-state index contributed by atoms with van der Waals surface area (Å²) in [5, 5.41) is 3.05. The van der Waals surface area contributed by atoms with Crippen LogP contribution in [-0.4, -0.2) is 16.1 Å². The van der Waals surface area contributed by atoms with Crippen LogP contribution >= 0.6 is 11.3 Å². The van der Waals surface area contributed by atoms with Crippen molar-refractivity contribution in [1.29, 1.82) is 0 Å². The molecule has 1 heterocycles. The van der Waals surface area contributed by atoms with Crippen molar-refractivity contribution in [3.05, 3.63) is 60.7 Å². The summed E-state index contributed by atoms with van der Waals surface area (Å²) in [7, 11) is -2.44. The zero-order valence-corrected chi connectivity index (χ0v) is 19.0. The Morgan fingerprint density at radius 3 is 1.08 bits per heavy atom. The fourth-order valence-electron chi connectivity index (χ4n) is 2.92. The molecule has 0 N–H and O–H groups in total. The highest BCUT2D eigenvalue weighted by molar-refractivity contribution is 7.18. The van der Waals surface area contributed by atoms with Gasteiger partial charge in [0.1, 0.15) is 0 Å². The average molecular weight is 381 g/mol. The molecule has 3 rings (SSSR count). The second kappa shape index (κ2) is 6.71. The molecular weight excluding hydrogens is 352 g/mol. The van der Waals surface area contributed by atoms with Crippen molar-refractivity contribution in [2.45, 2.75) is 39.3 Å². The van der Waals surface area contributed by atoms with Gasteiger partial charge in [0.2, 0.25) is 0 Å². The van der Waals surface area contributed by atoms with Crippen LogP contribution in [0, 0.1) is 0 Å². The van der Waals surface area contributed by atoms with Crippen LogP contribution in [-0.2, 0) is 0 Å². The van der Waals surface area contributed by atoms with Crippen molar-refractivity contribution in [2.24, 2.45) is 0 Å². The van der Waals surface area contributed by atoms with E-state index in [9.17, 15) is 0 Å². The van der Waals surface area contributed by atoms with Gasteiger partial charge in [0, 0.05) is 9.75 Å². The van der Waals surface area contributed by atoms with Crippen LogP contribution in [0.15, 0.2) is 60.7 Å². The van der Waals surface area contributed by atoms with Crippen LogP contribution in [0.1, 0.15) is 0 Å². The van der Waals surface area contributed by atoms with Crippen molar-refractivity contribution in [3.8, 4) is 20.9 Å². The first kappa shape index (κ1) is 18.4. The van der Waals surface area contributed by atoms with Gasteiger partial charge < -0.3 is 0 Å². The lowest BCUT2D eigenvalue weighted by Gasteiger charge is -2.16. The highest BCUT2D eigenvalue weighted by atomic mass is 32.1. The van der Waals surface area contributed by atoms with Gasteiger partial charge in [0.05, 0.1) is 16.1 Å². The zero-order valence-electron chi connectivity index (χ0n) is 16.2. The van der Waals surface area contributed by atoms with E-state index < -0.39 is 16.1 Å². The van der Waals surface area contributed by atoms with E-state index in [2.05, 4.69) is 99.9 Å². The third-order valence-electron chi connectivity index (χ3n) is 4.68. The predicted octanol–water partition coefficient (Wildman–Crippen LogP) is 6.17. The Morgan fingerprint density at radius 1 is 0.480 bits per heavy atom. The molecule has 0 fully saturated rings. The van der Waals surface area contributed by atoms with Crippen molar-refractivity contribution in [1.82, 2.24) is 0 Å². The van der Waals surface area contributed by atoms with Gasteiger partial charge in [-0.05, 0) is 23.3 Å². The molecule has 0 atom stereocenters. The Labute approximate surface area is 158 Å². The second-order valence-electron chi connectivity index (χ2n) is 8.82. The van der Waals surface area contributed by atoms with Gasteiger partial charge in [-0.15, -0.1) is 11.3 Å². The van der Waals surface area contributed by atoms with Crippen LogP contribution in [0.2, 0.25) is 39.3 Å². The second-order valence-corrected chi connectivity index (χ2v) is 20.1. The van der Waals surface area contributed by atoms with Crippen molar-refractivity contribution >= 4 is 37.9 Å². The number of hydrogen-bond donors (Lipinski definition) is 0. The van der Waals surface area contributed by atoms with Gasteiger partial charge in [-0.1, -0.05) is 98.2 Å². The number of benzene rings is 2. The lowest BCUT2D eigenvalue weighted by molar-refractivity contribution is 1.67. The summed E-state index contributed by atoms with van der Waals surface area (Å²) < 4.78 is 0. The van der Waals surface area contributed by atoms with E-state index in [1.807, 2.05) is 11.3 Å². The van der Waals surface area contributed by atoms with Gasteiger partial charge in [-0.2, -0.15) is 0 Å². The molecule has 0 saturated carbocycles. The Morgan fingerprint density at radius 2 is 0.800 bits per heavy atom. The van der Waals surface area contributed by atoms with Crippen LogP contribution in [0.4, 0.5) is 0 Å². The Hall–Kier alpha value is -1.43. The largest absolute Gasteiger partial charge is 0.135 e. The van der Waals surface area contributed by atoms with E-state index in [1.165, 1.54) is 31.3 Å². The summed E-state index contributed by atoms with van der Waals surface area (Å²) in [5.41, 5.74) is 2.66. The minimum atomic E-state index is -1.22. The van der Waals surface area contributed by atoms with Gasteiger partial charge in [-0.3, -0.25) is 0 Å². The summed E-state index contributed by atoms with van der Waals surface area (Å²) in [4.78, 5) is 2.71. The number of rotatable bonds is 4. The maximum absolute atomic E-state index is 2.40. The highest BCUT2D eigenvalue weighted by Gasteiger charge is 2.17. The zero-order chi connectivity index (χ0) is 18.2. The molecule has 0 aliphatic rings. The van der Waals surface area contributed by atoms with Crippen molar-refractivity contribution in [2.75, 3.05) is 0 Å². The first-order valence-electron chi connectivity index (χ1n) is 8.96. The molecule has 0 aliphatic carbocycles. The van der Waals surface area contributed by atoms with Gasteiger partial charge in [-0.25, -0.2) is 0 Å². The molecule has 0 unspecified atom stereocenters. The van der Waals surface area contributed by atoms with E-state index in [-0.39, 0.29) is 0 Å². The fraction of sp³-hybridized carbons (Fsp3) is 0.273. The van der Waals surface area contributed by atoms with Crippen molar-refractivity contribution in [3.63, 3.8) is 0 Å². The molecular formula is C22H28SSi2. The molecule has 0 bridgehead atoms. The monoisotopic (exact) mass is 380 g/mol. The first-order chi connectivity index (χ1) is 11.6. The molecule has 0 amide bonds. The molecule has 0 radical (unpaired) electrons. The average Bonchev–Trinajstić information content (AvgIpc) is 3.03. The van der Waals surface area contributed by atoms with Gasteiger partial charge in [0.25, 0.3) is 0 Å². The third kappa shape index (κ3) is 4.22. The molecule has 0 aliphatic heterocycles. The van der Waals surface area contributed by atoms with Crippen LogP contribution in [0.3, 0.4) is 0 Å². The Bertz CT molecular complexity index is 773. The Balaban J connectivity index is 1.85. The first-order valence-corrected chi connectivity index (χ1v) is 16.8. The standard InChI is InChI=1S/C22H28SSi2/c1-24(2,3)19-11-7-17(8-12-19)21-15-16-22(23-21)18-9-13-20(14-10-18)25(4,5)6/h7-16H,1-6H3. The predicted molar refractivity (Wildman–Crippen MR) is 121 cm³/mol. The topological polar surface area (TPSA) is 0 Å². The number of thiophene rings is 1. The molecule has 0 spiro atoms. The summed E-state index contributed by atoms with van der Waals surface area (Å²) in [6.45, 7) is 14.4. The van der Waals surface area contributed by atoms with Crippen LogP contribution < -0.4 is 10.4 Å². The molecule has 0 nitrogen and oxygen atoms in total. The molecule has 1 aromatic heterocycles. The highest BCUT2D eigenvalue weighted by Crippen LogP contribution is 2.34. The summed E-state index contributed by atoms with van der Waals surface area (Å²) in [6.07, 6.45) is 0. The molecule has 130 valence electrons. The van der Waals surface area contributed by atoms with Crippen LogP contribution in [0.5, 0.6) is 0 Å². The van der Waals surface area contributed by atoms with Crippen molar-refractivity contribution < 1.29 is 0 Å². The molecule has 25 heavy (non-hydrogen) atoms.